The minimum Gasteiger partial charge on any atom is -0.481 e. The summed E-state index contributed by atoms with van der Waals surface area (Å²) in [5.41, 5.74) is 0.00991. The van der Waals surface area contributed by atoms with E-state index in [1.165, 1.54) is 4.90 Å². The number of rotatable bonds is 3. The number of halogens is 2. The third-order valence-electron chi connectivity index (χ3n) is 3.72. The van der Waals surface area contributed by atoms with E-state index in [1.807, 2.05) is 20.8 Å². The molecule has 138 valence electrons. The molecule has 1 aromatic rings. The number of hydrogen-bond acceptors (Lipinski definition) is 3. The van der Waals surface area contributed by atoms with E-state index in [2.05, 4.69) is 5.32 Å². The Hall–Kier alpha value is -1.83. The molecule has 0 spiro atoms. The summed E-state index contributed by atoms with van der Waals surface area (Å²) in [5.74, 6) is -3.04. The Kier molecular flexibility index (Phi) is 5.92. The highest BCUT2D eigenvalue weighted by molar-refractivity contribution is 8.00. The number of hydrogen-bond donors (Lipinski definition) is 2. The Labute approximate surface area is 149 Å². The molecule has 1 unspecified atom stereocenters. The molecule has 0 radical (unpaired) electrons. The average molecular weight is 372 g/mol. The molecule has 25 heavy (non-hydrogen) atoms. The molecule has 2 amide bonds. The summed E-state index contributed by atoms with van der Waals surface area (Å²) < 4.78 is 28.0. The Balaban J connectivity index is 2.10. The van der Waals surface area contributed by atoms with Crippen molar-refractivity contribution in [3.63, 3.8) is 0 Å². The largest absolute Gasteiger partial charge is 0.481 e. The van der Waals surface area contributed by atoms with Gasteiger partial charge in [0.2, 0.25) is 0 Å². The van der Waals surface area contributed by atoms with E-state index < -0.39 is 29.6 Å². The first-order valence-electron chi connectivity index (χ1n) is 8.03. The zero-order valence-electron chi connectivity index (χ0n) is 14.4. The van der Waals surface area contributed by atoms with Gasteiger partial charge in [-0.1, -0.05) is 20.8 Å². The van der Waals surface area contributed by atoms with E-state index in [4.69, 9.17) is 5.11 Å². The Morgan fingerprint density at radius 2 is 1.88 bits per heavy atom. The van der Waals surface area contributed by atoms with E-state index in [-0.39, 0.29) is 21.9 Å². The van der Waals surface area contributed by atoms with Crippen LogP contribution >= 0.6 is 11.8 Å². The van der Waals surface area contributed by atoms with Gasteiger partial charge in [-0.15, -0.1) is 11.8 Å². The van der Waals surface area contributed by atoms with Crippen LogP contribution in [0.4, 0.5) is 19.3 Å². The van der Waals surface area contributed by atoms with Gasteiger partial charge in [0.1, 0.15) is 11.6 Å². The number of nitrogens with one attached hydrogen (secondary N) is 1. The molecule has 1 atom stereocenters. The van der Waals surface area contributed by atoms with Gasteiger partial charge in [0, 0.05) is 23.5 Å². The summed E-state index contributed by atoms with van der Waals surface area (Å²) in [5, 5.41) is 11.5. The number of amides is 2. The number of urea groups is 1. The maximum Gasteiger partial charge on any atom is 0.321 e. The standard InChI is InChI=1S/C17H22F2N2O3S/c1-17(2,3)25-14-12(18)7-11(8-13(14)19)20-16(24)21-6-4-5-10(9-21)15(22)23/h7-8,10H,4-6,9H2,1-3H3,(H,20,24)(H,22,23). The maximum absolute atomic E-state index is 14.2. The van der Waals surface area contributed by atoms with Crippen molar-refractivity contribution in [2.24, 2.45) is 5.92 Å². The predicted octanol–water partition coefficient (Wildman–Crippen LogP) is 4.18. The Morgan fingerprint density at radius 1 is 1.28 bits per heavy atom. The first-order chi connectivity index (χ1) is 11.6. The van der Waals surface area contributed by atoms with Gasteiger partial charge in [0.25, 0.3) is 0 Å². The number of carbonyl (C=O) groups excluding carboxylic acids is 1. The molecular weight excluding hydrogens is 350 g/mol. The second-order valence-electron chi connectivity index (χ2n) is 7.04. The van der Waals surface area contributed by atoms with Crippen LogP contribution in [0, 0.1) is 17.6 Å². The van der Waals surface area contributed by atoms with Crippen LogP contribution in [-0.4, -0.2) is 39.8 Å². The predicted molar refractivity (Wildman–Crippen MR) is 92.9 cm³/mol. The van der Waals surface area contributed by atoms with Crippen LogP contribution in [0.2, 0.25) is 0 Å². The van der Waals surface area contributed by atoms with Gasteiger partial charge in [-0.2, -0.15) is 0 Å². The highest BCUT2D eigenvalue weighted by atomic mass is 32.2. The topological polar surface area (TPSA) is 69.6 Å². The number of benzene rings is 1. The molecule has 1 aliphatic rings. The van der Waals surface area contributed by atoms with Crippen molar-refractivity contribution in [3.8, 4) is 0 Å². The van der Waals surface area contributed by atoms with Gasteiger partial charge < -0.3 is 15.3 Å². The van der Waals surface area contributed by atoms with E-state index in [0.717, 1.165) is 23.9 Å². The van der Waals surface area contributed by atoms with Gasteiger partial charge in [-0.25, -0.2) is 13.6 Å². The third-order valence-corrected chi connectivity index (χ3v) is 4.92. The molecule has 1 heterocycles. The van der Waals surface area contributed by atoms with Crippen molar-refractivity contribution < 1.29 is 23.5 Å². The van der Waals surface area contributed by atoms with Crippen LogP contribution < -0.4 is 5.32 Å². The van der Waals surface area contributed by atoms with Crippen LogP contribution in [0.5, 0.6) is 0 Å². The minimum absolute atomic E-state index is 0.00991. The molecule has 0 bridgehead atoms. The van der Waals surface area contributed by atoms with Crippen LogP contribution in [0.15, 0.2) is 17.0 Å². The van der Waals surface area contributed by atoms with E-state index in [0.29, 0.717) is 19.4 Å². The number of nitrogens with zero attached hydrogens (tertiary/aromatic N) is 1. The Morgan fingerprint density at radius 3 is 2.40 bits per heavy atom. The molecule has 2 N–H and O–H groups in total. The summed E-state index contributed by atoms with van der Waals surface area (Å²) in [6.45, 7) is 6.05. The van der Waals surface area contributed by atoms with Gasteiger partial charge >= 0.3 is 12.0 Å². The monoisotopic (exact) mass is 372 g/mol. The highest BCUT2D eigenvalue weighted by Crippen LogP contribution is 2.36. The van der Waals surface area contributed by atoms with Crippen molar-refractivity contribution in [1.29, 1.82) is 0 Å². The lowest BCUT2D eigenvalue weighted by Crippen LogP contribution is -2.44. The van der Waals surface area contributed by atoms with Gasteiger partial charge in [0.05, 0.1) is 10.8 Å². The summed E-state index contributed by atoms with van der Waals surface area (Å²) in [6, 6.07) is 1.60. The van der Waals surface area contributed by atoms with Crippen molar-refractivity contribution in [2.75, 3.05) is 18.4 Å². The SMILES string of the molecule is CC(C)(C)Sc1c(F)cc(NC(=O)N2CCCC(C(=O)O)C2)cc1F. The van der Waals surface area contributed by atoms with Crippen molar-refractivity contribution in [2.45, 2.75) is 43.3 Å². The number of carboxylic acid groups (broad SMARTS) is 1. The normalized spacial score (nSPS) is 18.1. The molecule has 2 rings (SSSR count). The van der Waals surface area contributed by atoms with Crippen LogP contribution in [0.25, 0.3) is 0 Å². The van der Waals surface area contributed by atoms with Crippen molar-refractivity contribution >= 4 is 29.4 Å². The van der Waals surface area contributed by atoms with Gasteiger partial charge in [-0.05, 0) is 25.0 Å². The molecule has 1 saturated heterocycles. The molecule has 5 nitrogen and oxygen atoms in total. The number of thioether (sulfide) groups is 1. The quantitative estimate of drug-likeness (QED) is 0.781. The molecule has 0 saturated carbocycles. The first-order valence-corrected chi connectivity index (χ1v) is 8.85. The number of anilines is 1. The zero-order valence-corrected chi connectivity index (χ0v) is 15.3. The summed E-state index contributed by atoms with van der Waals surface area (Å²) >= 11 is 1.07. The van der Waals surface area contributed by atoms with Gasteiger partial charge in [-0.3, -0.25) is 4.79 Å². The van der Waals surface area contributed by atoms with Crippen molar-refractivity contribution in [1.82, 2.24) is 4.90 Å². The molecule has 1 aromatic carbocycles. The third kappa shape index (κ3) is 5.32. The number of likely N-dealkylation sites (tertiary alicyclic amines) is 1. The number of carboxylic acids is 1. The van der Waals surface area contributed by atoms with E-state index in [1.54, 1.807) is 0 Å². The second-order valence-corrected chi connectivity index (χ2v) is 8.87. The molecular formula is C17H22F2N2O3S. The summed E-state index contributed by atoms with van der Waals surface area (Å²) in [4.78, 5) is 24.6. The molecule has 0 aromatic heterocycles. The molecule has 0 aliphatic carbocycles. The van der Waals surface area contributed by atoms with Gasteiger partial charge in [0.15, 0.2) is 0 Å². The fourth-order valence-corrected chi connectivity index (χ4v) is 3.53. The molecule has 1 aliphatic heterocycles. The lowest BCUT2D eigenvalue weighted by molar-refractivity contribution is -0.143. The van der Waals surface area contributed by atoms with E-state index >= 15 is 0 Å². The fourth-order valence-electron chi connectivity index (χ4n) is 2.60. The number of aliphatic carboxylic acids is 1. The average Bonchev–Trinajstić information content (AvgIpc) is 2.50. The smallest absolute Gasteiger partial charge is 0.321 e. The van der Waals surface area contributed by atoms with Crippen LogP contribution in [-0.2, 0) is 4.79 Å². The van der Waals surface area contributed by atoms with Crippen molar-refractivity contribution in [3.05, 3.63) is 23.8 Å². The second kappa shape index (κ2) is 7.59. The Bertz CT molecular complexity index is 653. The molecule has 8 heteroatoms. The lowest BCUT2D eigenvalue weighted by atomic mass is 9.99. The van der Waals surface area contributed by atoms with Crippen LogP contribution in [0.1, 0.15) is 33.6 Å². The number of piperidine rings is 1. The zero-order chi connectivity index (χ0) is 18.8. The van der Waals surface area contributed by atoms with E-state index in [9.17, 15) is 18.4 Å². The summed E-state index contributed by atoms with van der Waals surface area (Å²) in [6.07, 6.45) is 1.09. The molecule has 1 fully saturated rings. The maximum atomic E-state index is 14.2. The number of carbonyl (C=O) groups is 2. The van der Waals surface area contributed by atoms with Crippen LogP contribution in [0.3, 0.4) is 0 Å². The lowest BCUT2D eigenvalue weighted by Gasteiger charge is -2.30. The first kappa shape index (κ1) is 19.5. The summed E-state index contributed by atoms with van der Waals surface area (Å²) in [7, 11) is 0. The fraction of sp³-hybridized carbons (Fsp3) is 0.529. The minimum atomic E-state index is -0.946. The highest BCUT2D eigenvalue weighted by Gasteiger charge is 2.28.